The molecule has 3 aliphatic rings. The molecule has 10 nitrogen and oxygen atoms in total. The van der Waals surface area contributed by atoms with Gasteiger partial charge >= 0.3 is 0 Å². The minimum atomic E-state index is -0.647. The van der Waals surface area contributed by atoms with Crippen LogP contribution in [0.5, 0.6) is 23.0 Å². The number of fused-ring (bicyclic) bond motifs is 1. The first kappa shape index (κ1) is 36.9. The first-order valence-corrected chi connectivity index (χ1v) is 18.2. The lowest BCUT2D eigenvalue weighted by Gasteiger charge is -2.30. The molecule has 0 amide bonds. The molecule has 0 saturated carbocycles. The fourth-order valence-electron chi connectivity index (χ4n) is 7.98. The third-order valence-electron chi connectivity index (χ3n) is 10.4. The molecule has 0 bridgehead atoms. The second-order valence-electron chi connectivity index (χ2n) is 14.5. The van der Waals surface area contributed by atoms with Crippen molar-refractivity contribution in [2.45, 2.75) is 41.5 Å². The van der Waals surface area contributed by atoms with Crippen LogP contribution in [0.15, 0.2) is 84.6 Å². The number of ketones is 2. The Morgan fingerprint density at radius 1 is 0.745 bits per heavy atom. The van der Waals surface area contributed by atoms with Gasteiger partial charge in [0.2, 0.25) is 11.6 Å². The third kappa shape index (κ3) is 5.89. The Balaban J connectivity index is 1.51. The summed E-state index contributed by atoms with van der Waals surface area (Å²) in [5, 5.41) is 38.5. The number of phenols is 1. The number of Topliss-reactive ketones (excluding diaryl/α,β-unsaturated/α-hetero) is 2. The highest BCUT2D eigenvalue weighted by molar-refractivity contribution is 6.35. The number of hydrogen-bond acceptors (Lipinski definition) is 10. The van der Waals surface area contributed by atoms with Gasteiger partial charge in [0.05, 0.1) is 36.7 Å². The summed E-state index contributed by atoms with van der Waals surface area (Å²) in [6, 6.07) is 18.4. The van der Waals surface area contributed by atoms with Crippen molar-refractivity contribution in [3.8, 4) is 34.1 Å². The van der Waals surface area contributed by atoms with E-state index < -0.39 is 11.6 Å². The molecule has 0 saturated heterocycles. The van der Waals surface area contributed by atoms with Crippen molar-refractivity contribution in [3.05, 3.63) is 118 Å². The maximum Gasteiger partial charge on any atom is 0.229 e. The van der Waals surface area contributed by atoms with Gasteiger partial charge < -0.3 is 39.7 Å². The summed E-state index contributed by atoms with van der Waals surface area (Å²) in [6.07, 6.45) is 3.15. The highest BCUT2D eigenvalue weighted by atomic mass is 16.5. The van der Waals surface area contributed by atoms with E-state index in [1.54, 1.807) is 37.5 Å². The molecule has 10 heteroatoms. The second-order valence-corrected chi connectivity index (χ2v) is 14.5. The molecular weight excluding hydrogens is 697 g/mol. The molecule has 0 aromatic heterocycles. The number of benzene rings is 4. The average molecular weight is 741 g/mol. The number of aromatic hydroxyl groups is 1. The van der Waals surface area contributed by atoms with Gasteiger partial charge in [-0.3, -0.25) is 9.59 Å². The molecule has 2 aliphatic carbocycles. The average Bonchev–Trinajstić information content (AvgIpc) is 3.36. The first-order chi connectivity index (χ1) is 26.3. The number of aliphatic hydroxyl groups excluding tert-OH is 2. The SMILES string of the molecule is COc1ccccc1N/C=C1\C(=O)C(O)=C(C(C)C)c2cc(C)c(-c3c(C)cc4c5c3OCN(c3ccccc3OC)C=C5C(=O)C(O)=C4C(C)C)c(O)c21. The number of aliphatic hydroxyl groups is 2. The van der Waals surface area contributed by atoms with E-state index in [0.29, 0.717) is 78.7 Å². The van der Waals surface area contributed by atoms with Crippen molar-refractivity contribution in [2.24, 2.45) is 11.8 Å². The first-order valence-electron chi connectivity index (χ1n) is 18.2. The topological polar surface area (TPSA) is 138 Å². The highest BCUT2D eigenvalue weighted by Gasteiger charge is 2.40. The fraction of sp³-hybridized carbons (Fsp3) is 0.244. The summed E-state index contributed by atoms with van der Waals surface area (Å²) < 4.78 is 17.9. The lowest BCUT2D eigenvalue weighted by atomic mass is 9.75. The number of nitrogens with zero attached hydrogens (tertiary/aromatic N) is 1. The molecule has 282 valence electrons. The summed E-state index contributed by atoms with van der Waals surface area (Å²) in [5.41, 5.74) is 6.61. The molecule has 1 aliphatic heterocycles. The van der Waals surface area contributed by atoms with Crippen molar-refractivity contribution in [3.63, 3.8) is 0 Å². The summed E-state index contributed by atoms with van der Waals surface area (Å²) in [6.45, 7) is 11.3. The van der Waals surface area contributed by atoms with E-state index in [9.17, 15) is 24.9 Å². The standard InChI is InChI=1S/C45H44N2O8/c1-22(2)34-26-17-24(5)36(42(50)38(26)28(40(48)43(34)51)19-46-30-13-9-11-15-32(30)53-7)37-25(6)18-27-35(23(3)4)44(52)41(49)29-20-47(21-55-45(37)39(27)29)31-14-10-12-16-33(31)54-8/h9-20,22-23,46,50-52H,21H2,1-8H3/b28-19-. The molecule has 55 heavy (non-hydrogen) atoms. The fourth-order valence-corrected chi connectivity index (χ4v) is 7.98. The lowest BCUT2D eigenvalue weighted by Crippen LogP contribution is -2.22. The monoisotopic (exact) mass is 740 g/mol. The van der Waals surface area contributed by atoms with Crippen LogP contribution in [0, 0.1) is 25.7 Å². The van der Waals surface area contributed by atoms with Gasteiger partial charge in [-0.05, 0) is 72.2 Å². The van der Waals surface area contributed by atoms with Crippen LogP contribution in [0.3, 0.4) is 0 Å². The van der Waals surface area contributed by atoms with Gasteiger partial charge in [0.25, 0.3) is 0 Å². The molecule has 0 atom stereocenters. The zero-order valence-corrected chi connectivity index (χ0v) is 32.1. The molecular formula is C45H44N2O8. The maximum atomic E-state index is 14.2. The number of allylic oxidation sites excluding steroid dienone is 4. The molecule has 4 aromatic carbocycles. The van der Waals surface area contributed by atoms with E-state index >= 15 is 0 Å². The molecule has 4 N–H and O–H groups in total. The number of rotatable bonds is 8. The molecule has 4 aromatic rings. The minimum Gasteiger partial charge on any atom is -0.507 e. The quantitative estimate of drug-likeness (QED) is 0.129. The summed E-state index contributed by atoms with van der Waals surface area (Å²) >= 11 is 0. The number of phenolic OH excluding ortho intramolecular Hbond substituents is 1. The van der Waals surface area contributed by atoms with Gasteiger partial charge in [0.1, 0.15) is 23.0 Å². The van der Waals surface area contributed by atoms with Crippen LogP contribution in [0.2, 0.25) is 0 Å². The van der Waals surface area contributed by atoms with Gasteiger partial charge in [-0.1, -0.05) is 64.1 Å². The van der Waals surface area contributed by atoms with Gasteiger partial charge in [-0.25, -0.2) is 0 Å². The maximum absolute atomic E-state index is 14.2. The Hall–Kier alpha value is -6.42. The van der Waals surface area contributed by atoms with Gasteiger partial charge in [0, 0.05) is 45.8 Å². The Kier molecular flexibility index (Phi) is 9.46. The number of hydrogen-bond donors (Lipinski definition) is 4. The van der Waals surface area contributed by atoms with Crippen LogP contribution < -0.4 is 24.4 Å². The van der Waals surface area contributed by atoms with Crippen molar-refractivity contribution in [1.29, 1.82) is 0 Å². The normalized spacial score (nSPS) is 15.9. The summed E-state index contributed by atoms with van der Waals surface area (Å²) in [5.74, 6) is -1.14. The van der Waals surface area contributed by atoms with E-state index in [1.807, 2.05) is 90.1 Å². The van der Waals surface area contributed by atoms with Crippen LogP contribution >= 0.6 is 0 Å². The summed E-state index contributed by atoms with van der Waals surface area (Å²) in [7, 11) is 3.11. The smallest absolute Gasteiger partial charge is 0.229 e. The number of carbonyl (C=O) groups excluding carboxylic acids is 2. The van der Waals surface area contributed by atoms with Gasteiger partial charge in [0.15, 0.2) is 18.2 Å². The second kappa shape index (κ2) is 14.1. The van der Waals surface area contributed by atoms with E-state index in [-0.39, 0.29) is 52.5 Å². The number of nitrogens with one attached hydrogen (secondary N) is 1. The molecule has 0 fully saturated rings. The Labute approximate surface area is 320 Å². The zero-order chi connectivity index (χ0) is 39.5. The third-order valence-corrected chi connectivity index (χ3v) is 10.4. The van der Waals surface area contributed by atoms with Crippen molar-refractivity contribution in [1.82, 2.24) is 0 Å². The molecule has 0 radical (unpaired) electrons. The largest absolute Gasteiger partial charge is 0.507 e. The summed E-state index contributed by atoms with van der Waals surface area (Å²) in [4.78, 5) is 30.0. The van der Waals surface area contributed by atoms with E-state index in [4.69, 9.17) is 14.2 Å². The van der Waals surface area contributed by atoms with Crippen molar-refractivity contribution < 1.29 is 39.1 Å². The molecule has 7 rings (SSSR count). The number of aryl methyl sites for hydroxylation is 2. The lowest BCUT2D eigenvalue weighted by molar-refractivity contribution is -0.113. The van der Waals surface area contributed by atoms with E-state index in [0.717, 1.165) is 0 Å². The Morgan fingerprint density at radius 2 is 1.31 bits per heavy atom. The predicted molar refractivity (Wildman–Crippen MR) is 215 cm³/mol. The number of methoxy groups -OCH3 is 2. The predicted octanol–water partition coefficient (Wildman–Crippen LogP) is 9.36. The highest BCUT2D eigenvalue weighted by Crippen LogP contribution is 2.55. The van der Waals surface area contributed by atoms with Gasteiger partial charge in [-0.15, -0.1) is 0 Å². The Bertz CT molecular complexity index is 2430. The number of anilines is 2. The van der Waals surface area contributed by atoms with E-state index in [1.165, 1.54) is 6.20 Å². The van der Waals surface area contributed by atoms with E-state index in [2.05, 4.69) is 5.32 Å². The number of para-hydroxylation sites is 4. The zero-order valence-electron chi connectivity index (χ0n) is 32.1. The minimum absolute atomic E-state index is 0.0385. The number of carbonyl (C=O) groups is 2. The molecule has 1 heterocycles. The van der Waals surface area contributed by atoms with Crippen molar-refractivity contribution in [2.75, 3.05) is 31.2 Å². The van der Waals surface area contributed by atoms with Crippen molar-refractivity contribution >= 4 is 45.2 Å². The number of ether oxygens (including phenoxy) is 3. The van der Waals surface area contributed by atoms with Crippen LogP contribution in [-0.4, -0.2) is 47.8 Å². The Morgan fingerprint density at radius 3 is 1.95 bits per heavy atom. The van der Waals surface area contributed by atoms with Crippen LogP contribution in [-0.2, 0) is 9.59 Å². The van der Waals surface area contributed by atoms with Crippen LogP contribution in [0.25, 0.3) is 33.4 Å². The molecule has 0 spiro atoms. The van der Waals surface area contributed by atoms with Gasteiger partial charge in [-0.2, -0.15) is 0 Å². The van der Waals surface area contributed by atoms with Crippen LogP contribution in [0.4, 0.5) is 11.4 Å². The van der Waals surface area contributed by atoms with Crippen LogP contribution in [0.1, 0.15) is 61.1 Å². The molecule has 0 unspecified atom stereocenters.